The van der Waals surface area contributed by atoms with Crippen LogP contribution in [-0.4, -0.2) is 31.0 Å². The molecule has 1 heterocycles. The summed E-state index contributed by atoms with van der Waals surface area (Å²) in [7, 11) is 0. The number of hydrogen-bond acceptors (Lipinski definition) is 4. The van der Waals surface area contributed by atoms with Crippen molar-refractivity contribution >= 4 is 5.91 Å². The molecule has 0 unspecified atom stereocenters. The van der Waals surface area contributed by atoms with Crippen LogP contribution in [0.5, 0.6) is 0 Å². The number of amides is 1. The molecule has 6 nitrogen and oxygen atoms in total. The van der Waals surface area contributed by atoms with Crippen LogP contribution >= 0.6 is 0 Å². The molecule has 7 heteroatoms. The number of tetrazole rings is 1. The molecule has 0 N–H and O–H groups in total. The van der Waals surface area contributed by atoms with Crippen LogP contribution < -0.4 is 0 Å². The first kappa shape index (κ1) is 18.2. The van der Waals surface area contributed by atoms with Crippen molar-refractivity contribution in [1.29, 1.82) is 0 Å². The van der Waals surface area contributed by atoms with Crippen LogP contribution in [0.15, 0.2) is 30.9 Å². The van der Waals surface area contributed by atoms with E-state index < -0.39 is 0 Å². The maximum atomic E-state index is 14.8. The Bertz CT molecular complexity index is 820. The van der Waals surface area contributed by atoms with E-state index in [0.717, 1.165) is 18.4 Å². The molecule has 0 atom stereocenters. The Morgan fingerprint density at radius 2 is 2.12 bits per heavy atom. The molecule has 0 aliphatic heterocycles. The summed E-state index contributed by atoms with van der Waals surface area (Å²) in [4.78, 5) is 15.3. The van der Waals surface area contributed by atoms with Gasteiger partial charge < -0.3 is 4.90 Å². The van der Waals surface area contributed by atoms with Gasteiger partial charge in [-0.05, 0) is 56.4 Å². The molecule has 0 bridgehead atoms. The Labute approximate surface area is 152 Å². The molecule has 0 radical (unpaired) electrons. The lowest BCUT2D eigenvalue weighted by Crippen LogP contribution is -2.30. The van der Waals surface area contributed by atoms with Gasteiger partial charge in [0.05, 0.1) is 12.1 Å². The summed E-state index contributed by atoms with van der Waals surface area (Å²) in [6.45, 7) is 9.71. The van der Waals surface area contributed by atoms with Crippen LogP contribution in [0, 0.1) is 5.82 Å². The molecule has 1 amide bonds. The second-order valence-corrected chi connectivity index (χ2v) is 7.66. The van der Waals surface area contributed by atoms with Gasteiger partial charge in [-0.25, -0.2) is 4.39 Å². The Morgan fingerprint density at radius 3 is 2.69 bits per heavy atom. The van der Waals surface area contributed by atoms with Crippen molar-refractivity contribution < 1.29 is 9.18 Å². The molecule has 138 valence electrons. The van der Waals surface area contributed by atoms with Crippen molar-refractivity contribution in [2.24, 2.45) is 0 Å². The average molecular weight is 357 g/mol. The zero-order chi connectivity index (χ0) is 18.9. The lowest BCUT2D eigenvalue weighted by molar-refractivity contribution is -0.127. The molecule has 1 aromatic heterocycles. The van der Waals surface area contributed by atoms with Crippen molar-refractivity contribution in [3.8, 4) is 0 Å². The van der Waals surface area contributed by atoms with E-state index in [1.54, 1.807) is 6.07 Å². The summed E-state index contributed by atoms with van der Waals surface area (Å²) in [6, 6.07) is 5.38. The molecular weight excluding hydrogens is 333 g/mol. The topological polar surface area (TPSA) is 63.9 Å². The number of carbonyl (C=O) groups excluding carboxylic acids is 1. The summed E-state index contributed by atoms with van der Waals surface area (Å²) in [5.41, 5.74) is 0.932. The van der Waals surface area contributed by atoms with E-state index in [1.807, 2.05) is 32.9 Å². The zero-order valence-electron chi connectivity index (χ0n) is 15.4. The van der Waals surface area contributed by atoms with Crippen LogP contribution in [0.1, 0.15) is 56.5 Å². The van der Waals surface area contributed by atoms with Gasteiger partial charge in [0.1, 0.15) is 5.82 Å². The largest absolute Gasteiger partial charge is 0.327 e. The molecular formula is C19H24FN5O. The zero-order valence-corrected chi connectivity index (χ0v) is 15.4. The van der Waals surface area contributed by atoms with E-state index in [1.165, 1.54) is 15.8 Å². The van der Waals surface area contributed by atoms with Gasteiger partial charge in [0, 0.05) is 12.1 Å². The fraction of sp³-hybridized carbons (Fsp3) is 0.474. The summed E-state index contributed by atoms with van der Waals surface area (Å²) >= 11 is 0. The molecule has 1 aromatic carbocycles. The molecule has 0 spiro atoms. The van der Waals surface area contributed by atoms with Crippen molar-refractivity contribution in [2.45, 2.75) is 58.2 Å². The van der Waals surface area contributed by atoms with Crippen molar-refractivity contribution in [3.63, 3.8) is 0 Å². The fourth-order valence-electron chi connectivity index (χ4n) is 2.74. The normalized spacial score (nSPS) is 14.3. The first-order chi connectivity index (χ1) is 12.3. The minimum Gasteiger partial charge on any atom is -0.327 e. The number of carbonyl (C=O) groups is 1. The highest BCUT2D eigenvalue weighted by Gasteiger charge is 2.28. The molecule has 3 rings (SSSR count). The molecule has 1 aliphatic rings. The van der Waals surface area contributed by atoms with Crippen LogP contribution in [0.25, 0.3) is 0 Å². The third-order valence-corrected chi connectivity index (χ3v) is 4.36. The summed E-state index contributed by atoms with van der Waals surface area (Å²) in [5.74, 6) is 0.206. The van der Waals surface area contributed by atoms with E-state index in [0.29, 0.717) is 17.3 Å². The van der Waals surface area contributed by atoms with Crippen molar-refractivity contribution in [1.82, 2.24) is 25.1 Å². The summed E-state index contributed by atoms with van der Waals surface area (Å²) in [5, 5.41) is 12.4. The number of hydrogen-bond donors (Lipinski definition) is 0. The second-order valence-electron chi connectivity index (χ2n) is 7.66. The average Bonchev–Trinajstić information content (AvgIpc) is 3.32. The minimum atomic E-state index is -0.302. The predicted octanol–water partition coefficient (Wildman–Crippen LogP) is 3.16. The van der Waals surface area contributed by atoms with E-state index in [4.69, 9.17) is 0 Å². The SMILES string of the molecule is C=CC(=O)N(Cc1nnn(C(C)(C)C)n1)Cc1cccc(C2CC2)c1F. The first-order valence-electron chi connectivity index (χ1n) is 8.77. The van der Waals surface area contributed by atoms with Crippen LogP contribution in [0.2, 0.25) is 0 Å². The van der Waals surface area contributed by atoms with Gasteiger partial charge in [0.15, 0.2) is 5.82 Å². The van der Waals surface area contributed by atoms with Gasteiger partial charge in [0.2, 0.25) is 5.91 Å². The highest BCUT2D eigenvalue weighted by atomic mass is 19.1. The van der Waals surface area contributed by atoms with Crippen molar-refractivity contribution in [3.05, 3.63) is 53.6 Å². The Hall–Kier alpha value is -2.57. The van der Waals surface area contributed by atoms with E-state index in [2.05, 4.69) is 22.0 Å². The number of nitrogens with zero attached hydrogens (tertiary/aromatic N) is 5. The molecule has 1 aliphatic carbocycles. The predicted molar refractivity (Wildman–Crippen MR) is 95.6 cm³/mol. The Kier molecular flexibility index (Phi) is 4.89. The number of rotatable bonds is 6. The maximum Gasteiger partial charge on any atom is 0.246 e. The van der Waals surface area contributed by atoms with Crippen molar-refractivity contribution in [2.75, 3.05) is 0 Å². The van der Waals surface area contributed by atoms with Crippen LogP contribution in [-0.2, 0) is 23.4 Å². The minimum absolute atomic E-state index is 0.140. The molecule has 0 saturated heterocycles. The lowest BCUT2D eigenvalue weighted by atomic mass is 10.1. The summed E-state index contributed by atoms with van der Waals surface area (Å²) < 4.78 is 14.8. The van der Waals surface area contributed by atoms with E-state index in [9.17, 15) is 9.18 Å². The maximum absolute atomic E-state index is 14.8. The molecule has 1 fully saturated rings. The number of benzene rings is 1. The third kappa shape index (κ3) is 3.98. The van der Waals surface area contributed by atoms with Gasteiger partial charge in [-0.3, -0.25) is 4.79 Å². The molecule has 26 heavy (non-hydrogen) atoms. The Morgan fingerprint density at radius 1 is 1.38 bits per heavy atom. The van der Waals surface area contributed by atoms with Crippen LogP contribution in [0.3, 0.4) is 0 Å². The fourth-order valence-corrected chi connectivity index (χ4v) is 2.74. The monoisotopic (exact) mass is 357 g/mol. The quantitative estimate of drug-likeness (QED) is 0.745. The van der Waals surface area contributed by atoms with Gasteiger partial charge in [-0.15, -0.1) is 10.2 Å². The summed E-state index contributed by atoms with van der Waals surface area (Å²) in [6.07, 6.45) is 3.27. The smallest absolute Gasteiger partial charge is 0.246 e. The molecule has 2 aromatic rings. The third-order valence-electron chi connectivity index (χ3n) is 4.36. The molecule has 1 saturated carbocycles. The van der Waals surface area contributed by atoms with E-state index >= 15 is 0 Å². The van der Waals surface area contributed by atoms with Gasteiger partial charge >= 0.3 is 0 Å². The Balaban J connectivity index is 1.81. The second kappa shape index (κ2) is 6.97. The number of aromatic nitrogens is 4. The van der Waals surface area contributed by atoms with Gasteiger partial charge in [-0.2, -0.15) is 4.80 Å². The van der Waals surface area contributed by atoms with Gasteiger partial charge in [0.25, 0.3) is 0 Å². The highest BCUT2D eigenvalue weighted by Crippen LogP contribution is 2.41. The van der Waals surface area contributed by atoms with Gasteiger partial charge in [-0.1, -0.05) is 24.8 Å². The highest BCUT2D eigenvalue weighted by molar-refractivity contribution is 5.86. The van der Waals surface area contributed by atoms with Crippen LogP contribution in [0.4, 0.5) is 4.39 Å². The van der Waals surface area contributed by atoms with E-state index in [-0.39, 0.29) is 30.4 Å². The number of halogens is 1. The standard InChI is InChI=1S/C19H24FN5O/c1-5-17(26)24(12-16-21-23-25(22-16)19(2,3)4)11-14-7-6-8-15(18(14)20)13-9-10-13/h5-8,13H,1,9-12H2,2-4H3. The lowest BCUT2D eigenvalue weighted by Gasteiger charge is -2.21. The first-order valence-corrected chi connectivity index (χ1v) is 8.77.